The molecule has 0 spiro atoms. The number of aromatic nitrogens is 1. The molecular weight excluding hydrogens is 779 g/mol. The molecule has 2 aliphatic rings. The predicted octanol–water partition coefficient (Wildman–Crippen LogP) is 14.6. The van der Waals surface area contributed by atoms with Crippen LogP contribution >= 0.6 is 0 Å². The summed E-state index contributed by atoms with van der Waals surface area (Å²) in [6.07, 6.45) is 0. The molecule has 4 nitrogen and oxygen atoms in total. The van der Waals surface area contributed by atoms with Crippen molar-refractivity contribution in [2.45, 2.75) is 71.6 Å². The summed E-state index contributed by atoms with van der Waals surface area (Å²) in [6, 6.07) is 51.7. The third-order valence-electron chi connectivity index (χ3n) is 14.7. The Bertz CT molecular complexity index is 3820. The Labute approximate surface area is 373 Å². The zero-order valence-electron chi connectivity index (χ0n) is 37.7. The molecule has 0 fully saturated rings. The lowest BCUT2D eigenvalue weighted by Gasteiger charge is -2.30. The standard InChI is InChI=1S/C59H49BN2O2/c1-57(2,3)32-21-24-34(25-22-32)61-44-30-49-38(35-15-10-13-19-47(35)63-49)28-40(44)53-54-51(37-17-9-12-18-42(37)59(54,7)8)52-41-27-33(58(4,5)6)23-26-45(41)62-46-31-50-39(29-43(46)60-55(53)56(52)62)36-16-11-14-20-48(36)64-50/h9-31,60-61H,1-8H3. The SMILES string of the molecule is CC(C)(C)c1ccc(Nc2cc3oc4ccccc4c3cc2-c2c3c(c4c5cc(C(C)(C)C)ccc5n5c4c2Bc2cc4c(cc2-5)oc2ccccc24)-c2ccccc2C3(C)C)cc1. The number of para-hydroxylation sites is 2. The molecular formula is C59H49BN2O2. The highest BCUT2D eigenvalue weighted by atomic mass is 16.3. The highest BCUT2D eigenvalue weighted by Gasteiger charge is 2.43. The van der Waals surface area contributed by atoms with Gasteiger partial charge in [0, 0.05) is 72.3 Å². The van der Waals surface area contributed by atoms with Crippen LogP contribution < -0.4 is 16.2 Å². The van der Waals surface area contributed by atoms with Crippen LogP contribution in [0.15, 0.2) is 148 Å². The summed E-state index contributed by atoms with van der Waals surface area (Å²) in [7, 11) is 0.767. The van der Waals surface area contributed by atoms with Crippen molar-refractivity contribution in [3.05, 3.63) is 162 Å². The van der Waals surface area contributed by atoms with Crippen LogP contribution in [0.4, 0.5) is 11.4 Å². The molecule has 3 aromatic heterocycles. The Morgan fingerprint density at radius 3 is 1.88 bits per heavy atom. The number of hydrogen-bond acceptors (Lipinski definition) is 3. The fourth-order valence-electron chi connectivity index (χ4n) is 11.4. The second-order valence-electron chi connectivity index (χ2n) is 21.0. The average Bonchev–Trinajstić information content (AvgIpc) is 3.99. The normalized spacial score (nSPS) is 14.2. The second-order valence-corrected chi connectivity index (χ2v) is 21.0. The van der Waals surface area contributed by atoms with Crippen molar-refractivity contribution in [1.29, 1.82) is 0 Å². The van der Waals surface area contributed by atoms with E-state index in [0.717, 1.165) is 62.5 Å². The molecule has 5 heteroatoms. The minimum Gasteiger partial charge on any atom is -0.456 e. The van der Waals surface area contributed by atoms with Crippen LogP contribution in [-0.4, -0.2) is 11.8 Å². The maximum absolute atomic E-state index is 6.67. The molecule has 4 heterocycles. The van der Waals surface area contributed by atoms with Gasteiger partial charge in [-0.1, -0.05) is 146 Å². The molecule has 1 aliphatic carbocycles. The predicted molar refractivity (Wildman–Crippen MR) is 272 cm³/mol. The first-order chi connectivity index (χ1) is 30.7. The van der Waals surface area contributed by atoms with Crippen LogP contribution in [0.1, 0.15) is 77.6 Å². The largest absolute Gasteiger partial charge is 0.456 e. The summed E-state index contributed by atoms with van der Waals surface area (Å²) < 4.78 is 15.9. The van der Waals surface area contributed by atoms with Crippen LogP contribution in [0.3, 0.4) is 0 Å². The molecule has 0 atom stereocenters. The van der Waals surface area contributed by atoms with Crippen LogP contribution in [0.25, 0.3) is 93.6 Å². The molecule has 0 amide bonds. The van der Waals surface area contributed by atoms with Gasteiger partial charge < -0.3 is 18.7 Å². The van der Waals surface area contributed by atoms with E-state index in [1.54, 1.807) is 0 Å². The Morgan fingerprint density at radius 1 is 0.547 bits per heavy atom. The fraction of sp³-hybridized carbons (Fsp3) is 0.186. The number of rotatable bonds is 3. The summed E-state index contributed by atoms with van der Waals surface area (Å²) in [6.45, 7) is 18.7. The van der Waals surface area contributed by atoms with E-state index >= 15 is 0 Å². The highest BCUT2D eigenvalue weighted by Crippen LogP contribution is 2.57. The molecule has 11 aromatic rings. The van der Waals surface area contributed by atoms with Crippen molar-refractivity contribution >= 4 is 95.3 Å². The molecule has 1 aliphatic heterocycles. The van der Waals surface area contributed by atoms with Crippen molar-refractivity contribution in [2.75, 3.05) is 5.32 Å². The fourth-order valence-corrected chi connectivity index (χ4v) is 11.4. The molecule has 13 rings (SSSR count). The first-order valence-corrected chi connectivity index (χ1v) is 22.8. The molecule has 8 aromatic carbocycles. The lowest BCUT2D eigenvalue weighted by atomic mass is 9.57. The van der Waals surface area contributed by atoms with Gasteiger partial charge in [-0.3, -0.25) is 0 Å². The Balaban J connectivity index is 1.21. The lowest BCUT2D eigenvalue weighted by Crippen LogP contribution is -2.38. The molecule has 0 bridgehead atoms. The van der Waals surface area contributed by atoms with Crippen LogP contribution in [0.5, 0.6) is 0 Å². The zero-order valence-corrected chi connectivity index (χ0v) is 37.7. The molecule has 310 valence electrons. The van der Waals surface area contributed by atoms with Gasteiger partial charge in [-0.2, -0.15) is 0 Å². The van der Waals surface area contributed by atoms with Gasteiger partial charge in [0.15, 0.2) is 7.28 Å². The van der Waals surface area contributed by atoms with E-state index in [9.17, 15) is 0 Å². The maximum Gasteiger partial charge on any atom is 0.198 e. The molecule has 0 unspecified atom stereocenters. The summed E-state index contributed by atoms with van der Waals surface area (Å²) >= 11 is 0. The van der Waals surface area contributed by atoms with E-state index in [2.05, 4.69) is 205 Å². The number of nitrogens with one attached hydrogen (secondary N) is 1. The summed E-state index contributed by atoms with van der Waals surface area (Å²) in [5.41, 5.74) is 22.2. The van der Waals surface area contributed by atoms with Gasteiger partial charge in [0.1, 0.15) is 22.3 Å². The van der Waals surface area contributed by atoms with Crippen LogP contribution in [0, 0.1) is 0 Å². The van der Waals surface area contributed by atoms with E-state index in [1.165, 1.54) is 82.9 Å². The summed E-state index contributed by atoms with van der Waals surface area (Å²) in [4.78, 5) is 0. The van der Waals surface area contributed by atoms with Crippen molar-refractivity contribution < 1.29 is 8.83 Å². The highest BCUT2D eigenvalue weighted by molar-refractivity contribution is 6.74. The first kappa shape index (κ1) is 37.6. The molecule has 1 N–H and O–H groups in total. The topological polar surface area (TPSA) is 43.2 Å². The number of furan rings is 2. The quantitative estimate of drug-likeness (QED) is 0.180. The van der Waals surface area contributed by atoms with Gasteiger partial charge in [0.2, 0.25) is 0 Å². The smallest absolute Gasteiger partial charge is 0.198 e. The van der Waals surface area contributed by atoms with E-state index in [1.807, 2.05) is 0 Å². The molecule has 0 saturated carbocycles. The van der Waals surface area contributed by atoms with Crippen molar-refractivity contribution in [2.24, 2.45) is 0 Å². The Kier molecular flexibility index (Phi) is 7.40. The van der Waals surface area contributed by atoms with Crippen LogP contribution in [-0.2, 0) is 16.2 Å². The zero-order chi connectivity index (χ0) is 43.6. The van der Waals surface area contributed by atoms with E-state index in [0.29, 0.717) is 0 Å². The van der Waals surface area contributed by atoms with Gasteiger partial charge in [0.25, 0.3) is 0 Å². The van der Waals surface area contributed by atoms with Gasteiger partial charge in [-0.05, 0) is 97.7 Å². The monoisotopic (exact) mass is 828 g/mol. The third-order valence-corrected chi connectivity index (χ3v) is 14.7. The number of fused-ring (bicyclic) bond motifs is 15. The molecule has 64 heavy (non-hydrogen) atoms. The van der Waals surface area contributed by atoms with E-state index < -0.39 is 0 Å². The number of nitrogens with zero attached hydrogens (tertiary/aromatic N) is 1. The van der Waals surface area contributed by atoms with E-state index in [4.69, 9.17) is 8.83 Å². The van der Waals surface area contributed by atoms with Gasteiger partial charge >= 0.3 is 0 Å². The molecule has 0 saturated heterocycles. The van der Waals surface area contributed by atoms with Crippen LogP contribution in [0.2, 0.25) is 0 Å². The number of hydrogen-bond donors (Lipinski definition) is 1. The first-order valence-electron chi connectivity index (χ1n) is 22.8. The van der Waals surface area contributed by atoms with Crippen molar-refractivity contribution in [1.82, 2.24) is 4.57 Å². The third kappa shape index (κ3) is 5.12. The number of anilines is 2. The Morgan fingerprint density at radius 2 is 1.17 bits per heavy atom. The van der Waals surface area contributed by atoms with Crippen molar-refractivity contribution in [3.63, 3.8) is 0 Å². The minimum absolute atomic E-state index is 0.0291. The Hall–Kier alpha value is -6.98. The second kappa shape index (κ2) is 12.6. The summed E-state index contributed by atoms with van der Waals surface area (Å²) in [5, 5.41) is 11.2. The lowest BCUT2D eigenvalue weighted by molar-refractivity contribution is 0.590. The summed E-state index contributed by atoms with van der Waals surface area (Å²) in [5.74, 6) is 0. The maximum atomic E-state index is 6.67. The average molecular weight is 829 g/mol. The number of benzene rings is 8. The van der Waals surface area contributed by atoms with Crippen molar-refractivity contribution in [3.8, 4) is 27.9 Å². The molecule has 0 radical (unpaired) electrons. The van der Waals surface area contributed by atoms with Gasteiger partial charge in [0.05, 0.1) is 11.2 Å². The van der Waals surface area contributed by atoms with E-state index in [-0.39, 0.29) is 16.2 Å². The van der Waals surface area contributed by atoms with Gasteiger partial charge in [-0.25, -0.2) is 0 Å². The minimum atomic E-state index is -0.313. The van der Waals surface area contributed by atoms with Gasteiger partial charge in [-0.15, -0.1) is 0 Å².